The molecule has 4 aromatic heterocycles. The molecule has 2 amide bonds. The Kier molecular flexibility index (Phi) is 5.60. The molecule has 1 N–H and O–H groups in total. The van der Waals surface area contributed by atoms with E-state index in [1.807, 2.05) is 39.8 Å². The normalized spacial score (nSPS) is 20.3. The van der Waals surface area contributed by atoms with Crippen molar-refractivity contribution < 1.29 is 9.59 Å². The number of pyridine rings is 2. The lowest BCUT2D eigenvalue weighted by Crippen LogP contribution is -2.24. The third kappa shape index (κ3) is 4.52. The number of halogens is 1. The number of hydrogen-bond acceptors (Lipinski definition) is 6. The topological polar surface area (TPSA) is 110 Å². The van der Waals surface area contributed by atoms with E-state index in [1.54, 1.807) is 17.1 Å². The minimum Gasteiger partial charge on any atom is -0.309 e. The Labute approximate surface area is 240 Å². The van der Waals surface area contributed by atoms with Crippen molar-refractivity contribution in [2.24, 2.45) is 5.92 Å². The van der Waals surface area contributed by atoms with Crippen LogP contribution in [0.5, 0.6) is 0 Å². The number of fused-ring (bicyclic) bond motifs is 2. The fourth-order valence-electron chi connectivity index (χ4n) is 5.96. The fraction of sp³-hybridized carbons (Fsp3) is 0.333. The third-order valence-corrected chi connectivity index (χ3v) is 8.54. The van der Waals surface area contributed by atoms with Crippen molar-refractivity contribution in [3.05, 3.63) is 76.8 Å². The monoisotopic (exact) mass is 566 g/mol. The number of carbonyl (C=O) groups excluding carboxylic acids is 2. The Morgan fingerprint density at radius 2 is 2.00 bits per heavy atom. The zero-order chi connectivity index (χ0) is 27.7. The SMILES string of the molecule is O=C(Nc1nccc2nn(Cc3cn4cc(C5CC5)cc(N5CCCC5=O)c4n3)nc12)[C@H]1C[C@@H]1c1cccc(Cl)c1. The fourth-order valence-corrected chi connectivity index (χ4v) is 6.16. The molecule has 0 bridgehead atoms. The van der Waals surface area contributed by atoms with E-state index in [0.717, 1.165) is 42.0 Å². The summed E-state index contributed by atoms with van der Waals surface area (Å²) in [5.41, 5.74) is 5.93. The van der Waals surface area contributed by atoms with Crippen LogP contribution in [0.15, 0.2) is 55.0 Å². The molecule has 206 valence electrons. The third-order valence-electron chi connectivity index (χ3n) is 8.31. The van der Waals surface area contributed by atoms with Crippen LogP contribution in [0, 0.1) is 5.92 Å². The number of rotatable bonds is 7. The predicted molar refractivity (Wildman–Crippen MR) is 154 cm³/mol. The highest BCUT2D eigenvalue weighted by molar-refractivity contribution is 6.30. The van der Waals surface area contributed by atoms with Gasteiger partial charge < -0.3 is 14.6 Å². The first-order chi connectivity index (χ1) is 20.0. The van der Waals surface area contributed by atoms with Gasteiger partial charge in [-0.05, 0) is 72.9 Å². The van der Waals surface area contributed by atoms with Gasteiger partial charge in [-0.2, -0.15) is 9.90 Å². The molecule has 0 radical (unpaired) electrons. The predicted octanol–water partition coefficient (Wildman–Crippen LogP) is 4.92. The molecule has 10 nitrogen and oxygen atoms in total. The zero-order valence-electron chi connectivity index (χ0n) is 22.2. The van der Waals surface area contributed by atoms with Crippen molar-refractivity contribution in [1.82, 2.24) is 29.4 Å². The number of hydrogen-bond donors (Lipinski definition) is 1. The molecule has 3 aliphatic rings. The summed E-state index contributed by atoms with van der Waals surface area (Å²) < 4.78 is 2.03. The van der Waals surface area contributed by atoms with Gasteiger partial charge in [0.15, 0.2) is 17.0 Å². The van der Waals surface area contributed by atoms with Gasteiger partial charge in [0, 0.05) is 42.5 Å². The van der Waals surface area contributed by atoms with E-state index in [-0.39, 0.29) is 23.7 Å². The number of amides is 2. The Balaban J connectivity index is 1.05. The maximum atomic E-state index is 13.0. The summed E-state index contributed by atoms with van der Waals surface area (Å²) in [5, 5.41) is 12.9. The first-order valence-corrected chi connectivity index (χ1v) is 14.5. The summed E-state index contributed by atoms with van der Waals surface area (Å²) in [6, 6.07) is 11.6. The first-order valence-electron chi connectivity index (χ1n) is 14.1. The molecule has 2 saturated carbocycles. The Bertz CT molecular complexity index is 1860. The summed E-state index contributed by atoms with van der Waals surface area (Å²) in [6.07, 6.45) is 10.3. The van der Waals surface area contributed by atoms with Crippen LogP contribution in [-0.4, -0.2) is 47.7 Å². The van der Waals surface area contributed by atoms with E-state index < -0.39 is 0 Å². The van der Waals surface area contributed by atoms with Crippen LogP contribution in [-0.2, 0) is 16.1 Å². The number of benzene rings is 1. The molecular weight excluding hydrogens is 540 g/mol. The summed E-state index contributed by atoms with van der Waals surface area (Å²) in [6.45, 7) is 1.06. The van der Waals surface area contributed by atoms with Crippen molar-refractivity contribution in [3.63, 3.8) is 0 Å². The maximum Gasteiger partial charge on any atom is 0.229 e. The minimum atomic E-state index is -0.129. The van der Waals surface area contributed by atoms with Gasteiger partial charge in [0.25, 0.3) is 0 Å². The number of anilines is 2. The minimum absolute atomic E-state index is 0.0830. The van der Waals surface area contributed by atoms with E-state index in [4.69, 9.17) is 16.6 Å². The van der Waals surface area contributed by atoms with Gasteiger partial charge in [-0.3, -0.25) is 9.59 Å². The van der Waals surface area contributed by atoms with Crippen molar-refractivity contribution in [1.29, 1.82) is 0 Å². The second kappa shape index (κ2) is 9.37. The van der Waals surface area contributed by atoms with Gasteiger partial charge in [-0.25, -0.2) is 9.97 Å². The average Bonchev–Trinajstić information content (AvgIpc) is 3.84. The summed E-state index contributed by atoms with van der Waals surface area (Å²) in [7, 11) is 0. The summed E-state index contributed by atoms with van der Waals surface area (Å²) in [5.74, 6) is 1.04. The van der Waals surface area contributed by atoms with Gasteiger partial charge in [-0.1, -0.05) is 23.7 Å². The second-order valence-corrected chi connectivity index (χ2v) is 11.7. The van der Waals surface area contributed by atoms with E-state index in [1.165, 1.54) is 18.4 Å². The van der Waals surface area contributed by atoms with Crippen LogP contribution < -0.4 is 10.2 Å². The molecule has 2 atom stereocenters. The van der Waals surface area contributed by atoms with Crippen LogP contribution in [0.25, 0.3) is 16.7 Å². The number of aromatic nitrogens is 6. The van der Waals surface area contributed by atoms with Gasteiger partial charge >= 0.3 is 0 Å². The summed E-state index contributed by atoms with van der Waals surface area (Å²) in [4.78, 5) is 38.4. The molecule has 0 unspecified atom stereocenters. The first kappa shape index (κ1) is 24.5. The van der Waals surface area contributed by atoms with Crippen molar-refractivity contribution in [2.45, 2.75) is 50.5 Å². The number of nitrogens with one attached hydrogen (secondary N) is 1. The molecule has 1 saturated heterocycles. The van der Waals surface area contributed by atoms with Crippen LogP contribution in [0.4, 0.5) is 11.5 Å². The number of nitrogens with zero attached hydrogens (tertiary/aromatic N) is 7. The highest BCUT2D eigenvalue weighted by Crippen LogP contribution is 2.48. The Hall–Kier alpha value is -4.31. The molecule has 5 heterocycles. The van der Waals surface area contributed by atoms with Crippen LogP contribution >= 0.6 is 11.6 Å². The number of carbonyl (C=O) groups is 2. The van der Waals surface area contributed by atoms with Gasteiger partial charge in [0.05, 0.1) is 11.4 Å². The molecule has 0 spiro atoms. The molecule has 5 aromatic rings. The van der Waals surface area contributed by atoms with Crippen LogP contribution in [0.2, 0.25) is 5.02 Å². The van der Waals surface area contributed by atoms with Crippen molar-refractivity contribution in [2.75, 3.05) is 16.8 Å². The van der Waals surface area contributed by atoms with E-state index >= 15 is 0 Å². The van der Waals surface area contributed by atoms with E-state index in [9.17, 15) is 9.59 Å². The highest BCUT2D eigenvalue weighted by atomic mass is 35.5. The molecule has 11 heteroatoms. The van der Waals surface area contributed by atoms with Crippen molar-refractivity contribution in [3.8, 4) is 0 Å². The van der Waals surface area contributed by atoms with Crippen LogP contribution in [0.3, 0.4) is 0 Å². The smallest absolute Gasteiger partial charge is 0.229 e. The summed E-state index contributed by atoms with van der Waals surface area (Å²) >= 11 is 6.14. The van der Waals surface area contributed by atoms with Gasteiger partial charge in [0.2, 0.25) is 11.8 Å². The quantitative estimate of drug-likeness (QED) is 0.299. The molecule has 1 aliphatic heterocycles. The molecular formula is C30H27ClN8O2. The Morgan fingerprint density at radius 3 is 2.80 bits per heavy atom. The largest absolute Gasteiger partial charge is 0.309 e. The molecule has 41 heavy (non-hydrogen) atoms. The molecule has 8 rings (SSSR count). The lowest BCUT2D eigenvalue weighted by atomic mass is 10.1. The van der Waals surface area contributed by atoms with E-state index in [2.05, 4.69) is 32.8 Å². The zero-order valence-corrected chi connectivity index (χ0v) is 23.0. The average molecular weight is 567 g/mol. The van der Waals surface area contributed by atoms with Crippen LogP contribution in [0.1, 0.15) is 60.8 Å². The molecule has 2 aliphatic carbocycles. The van der Waals surface area contributed by atoms with Crippen molar-refractivity contribution >= 4 is 51.6 Å². The molecule has 3 fully saturated rings. The van der Waals surface area contributed by atoms with E-state index in [0.29, 0.717) is 40.8 Å². The highest BCUT2D eigenvalue weighted by Gasteiger charge is 2.44. The van der Waals surface area contributed by atoms with Gasteiger partial charge in [0.1, 0.15) is 12.1 Å². The molecule has 1 aromatic carbocycles. The standard InChI is InChI=1S/C30H27ClN8O2/c31-20-4-1-3-18(11-20)22-13-23(22)30(41)34-28-27-24(8-9-32-28)35-39(36-27)16-21-15-37-14-19(17-6-7-17)12-25(29(37)33-21)38-10-2-5-26(38)40/h1,3-4,8-9,11-12,14-15,17,22-23H,2,5-7,10,13,16H2,(H,32,34,41)/t22-,23+/m1/s1. The lowest BCUT2D eigenvalue weighted by molar-refractivity contribution is -0.118. The second-order valence-electron chi connectivity index (χ2n) is 11.3. The maximum absolute atomic E-state index is 13.0. The lowest BCUT2D eigenvalue weighted by Gasteiger charge is -2.17. The van der Waals surface area contributed by atoms with Gasteiger partial charge in [-0.15, -0.1) is 5.10 Å². The Morgan fingerprint density at radius 1 is 1.10 bits per heavy atom. The number of imidazole rings is 1.